The van der Waals surface area contributed by atoms with Crippen molar-refractivity contribution in [1.29, 1.82) is 0 Å². The van der Waals surface area contributed by atoms with Crippen LogP contribution in [0.4, 0.5) is 5.69 Å². The number of halogens is 1. The van der Waals surface area contributed by atoms with Crippen molar-refractivity contribution in [3.63, 3.8) is 0 Å². The summed E-state index contributed by atoms with van der Waals surface area (Å²) in [5.41, 5.74) is 0.973. The van der Waals surface area contributed by atoms with Gasteiger partial charge in [-0.2, -0.15) is 0 Å². The summed E-state index contributed by atoms with van der Waals surface area (Å²) >= 11 is 6.01. The summed E-state index contributed by atoms with van der Waals surface area (Å²) in [5.74, 6) is -0.152. The summed E-state index contributed by atoms with van der Waals surface area (Å²) in [7, 11) is 1.52. The van der Waals surface area contributed by atoms with Crippen LogP contribution < -0.4 is 15.4 Å². The third-order valence-electron chi connectivity index (χ3n) is 4.24. The maximum absolute atomic E-state index is 12.8. The van der Waals surface area contributed by atoms with E-state index in [9.17, 15) is 9.59 Å². The molecule has 2 atom stereocenters. The van der Waals surface area contributed by atoms with E-state index < -0.39 is 6.04 Å². The SMILES string of the molecule is CC[C@H](C)[C@H](NC(=O)c1ccccc1)C(=O)Nc1cc(Cl)ccc1OC. The summed E-state index contributed by atoms with van der Waals surface area (Å²) in [6.45, 7) is 3.89. The van der Waals surface area contributed by atoms with E-state index in [4.69, 9.17) is 16.3 Å². The van der Waals surface area contributed by atoms with Crippen molar-refractivity contribution >= 4 is 29.1 Å². The molecule has 2 aromatic carbocycles. The highest BCUT2D eigenvalue weighted by Gasteiger charge is 2.27. The van der Waals surface area contributed by atoms with Gasteiger partial charge in [0.2, 0.25) is 5.91 Å². The van der Waals surface area contributed by atoms with Crippen LogP contribution in [0.1, 0.15) is 30.6 Å². The predicted molar refractivity (Wildman–Crippen MR) is 104 cm³/mol. The molecule has 0 heterocycles. The highest BCUT2D eigenvalue weighted by molar-refractivity contribution is 6.31. The standard InChI is InChI=1S/C20H23ClN2O3/c1-4-13(2)18(23-19(24)14-8-6-5-7-9-14)20(25)22-16-12-15(21)10-11-17(16)26-3/h5-13,18H,4H2,1-3H3,(H,22,25)(H,23,24)/t13-,18-/m0/s1. The Balaban J connectivity index is 2.20. The van der Waals surface area contributed by atoms with Crippen LogP contribution in [0.3, 0.4) is 0 Å². The molecule has 0 aliphatic heterocycles. The van der Waals surface area contributed by atoms with E-state index >= 15 is 0 Å². The minimum absolute atomic E-state index is 0.0483. The number of benzene rings is 2. The van der Waals surface area contributed by atoms with Crippen molar-refractivity contribution in [2.45, 2.75) is 26.3 Å². The molecule has 0 saturated carbocycles. The molecule has 138 valence electrons. The number of carbonyl (C=O) groups excluding carboxylic acids is 2. The topological polar surface area (TPSA) is 67.4 Å². The fraction of sp³-hybridized carbons (Fsp3) is 0.300. The van der Waals surface area contributed by atoms with Gasteiger partial charge in [-0.25, -0.2) is 0 Å². The molecule has 0 bridgehead atoms. The van der Waals surface area contributed by atoms with Gasteiger partial charge in [-0.05, 0) is 36.2 Å². The average Bonchev–Trinajstić information content (AvgIpc) is 2.66. The Morgan fingerprint density at radius 1 is 1.15 bits per heavy atom. The van der Waals surface area contributed by atoms with Gasteiger partial charge in [0.1, 0.15) is 11.8 Å². The number of methoxy groups -OCH3 is 1. The van der Waals surface area contributed by atoms with Crippen LogP contribution in [0.2, 0.25) is 5.02 Å². The molecule has 6 heteroatoms. The second-order valence-corrected chi connectivity index (χ2v) is 6.47. The third kappa shape index (κ3) is 4.99. The highest BCUT2D eigenvalue weighted by Crippen LogP contribution is 2.28. The molecular weight excluding hydrogens is 352 g/mol. The molecule has 2 N–H and O–H groups in total. The van der Waals surface area contributed by atoms with Crippen molar-refractivity contribution < 1.29 is 14.3 Å². The van der Waals surface area contributed by atoms with Crippen LogP contribution in [0, 0.1) is 5.92 Å². The molecule has 0 spiro atoms. The molecule has 26 heavy (non-hydrogen) atoms. The van der Waals surface area contributed by atoms with Crippen LogP contribution in [-0.4, -0.2) is 25.0 Å². The fourth-order valence-electron chi connectivity index (χ4n) is 2.50. The minimum Gasteiger partial charge on any atom is -0.495 e. The second kappa shape index (κ2) is 9.25. The number of amides is 2. The third-order valence-corrected chi connectivity index (χ3v) is 4.47. The van der Waals surface area contributed by atoms with Crippen LogP contribution in [0.25, 0.3) is 0 Å². The normalized spacial score (nSPS) is 12.8. The molecule has 0 fully saturated rings. The molecular formula is C20H23ClN2O3. The highest BCUT2D eigenvalue weighted by atomic mass is 35.5. The first kappa shape index (κ1) is 19.8. The van der Waals surface area contributed by atoms with E-state index in [2.05, 4.69) is 10.6 Å². The lowest BCUT2D eigenvalue weighted by molar-refractivity contribution is -0.119. The Bertz CT molecular complexity index is 765. The van der Waals surface area contributed by atoms with Gasteiger partial charge in [-0.15, -0.1) is 0 Å². The summed E-state index contributed by atoms with van der Waals surface area (Å²) in [6, 6.07) is 13.1. The summed E-state index contributed by atoms with van der Waals surface area (Å²) < 4.78 is 5.26. The van der Waals surface area contributed by atoms with E-state index in [0.717, 1.165) is 6.42 Å². The molecule has 0 aromatic heterocycles. The van der Waals surface area contributed by atoms with Crippen LogP contribution in [0.5, 0.6) is 5.75 Å². The van der Waals surface area contributed by atoms with Gasteiger partial charge in [-0.1, -0.05) is 50.1 Å². The average molecular weight is 375 g/mol. The molecule has 2 rings (SSSR count). The Kier molecular flexibility index (Phi) is 7.04. The zero-order valence-corrected chi connectivity index (χ0v) is 15.8. The smallest absolute Gasteiger partial charge is 0.251 e. The van der Waals surface area contributed by atoms with Crippen LogP contribution in [0.15, 0.2) is 48.5 Å². The second-order valence-electron chi connectivity index (χ2n) is 6.04. The maximum Gasteiger partial charge on any atom is 0.251 e. The largest absolute Gasteiger partial charge is 0.495 e. The van der Waals surface area contributed by atoms with Crippen molar-refractivity contribution in [1.82, 2.24) is 5.32 Å². The molecule has 5 nitrogen and oxygen atoms in total. The van der Waals surface area contributed by atoms with E-state index in [0.29, 0.717) is 22.0 Å². The lowest BCUT2D eigenvalue weighted by atomic mass is 9.97. The maximum atomic E-state index is 12.8. The summed E-state index contributed by atoms with van der Waals surface area (Å²) in [6.07, 6.45) is 0.736. The number of rotatable bonds is 7. The van der Waals surface area contributed by atoms with Gasteiger partial charge in [0.05, 0.1) is 12.8 Å². The van der Waals surface area contributed by atoms with Gasteiger partial charge < -0.3 is 15.4 Å². The summed E-state index contributed by atoms with van der Waals surface area (Å²) in [5, 5.41) is 6.12. The Hall–Kier alpha value is -2.53. The van der Waals surface area contributed by atoms with E-state index in [1.807, 2.05) is 19.9 Å². The Morgan fingerprint density at radius 2 is 1.85 bits per heavy atom. The number of ether oxygens (including phenoxy) is 1. The van der Waals surface area contributed by atoms with Gasteiger partial charge in [0, 0.05) is 10.6 Å². The van der Waals surface area contributed by atoms with Crippen molar-refractivity contribution in [2.24, 2.45) is 5.92 Å². The number of hydrogen-bond acceptors (Lipinski definition) is 3. The molecule has 0 aliphatic carbocycles. The number of hydrogen-bond donors (Lipinski definition) is 2. The minimum atomic E-state index is -0.684. The Labute approximate surface area is 158 Å². The first-order chi connectivity index (χ1) is 12.5. The van der Waals surface area contributed by atoms with Gasteiger partial charge in [0.15, 0.2) is 0 Å². The predicted octanol–water partition coefficient (Wildman–Crippen LogP) is 4.13. The molecule has 0 radical (unpaired) electrons. The molecule has 0 saturated heterocycles. The Morgan fingerprint density at radius 3 is 2.46 bits per heavy atom. The molecule has 0 unspecified atom stereocenters. The van der Waals surface area contributed by atoms with Gasteiger partial charge in [-0.3, -0.25) is 9.59 Å². The molecule has 0 aliphatic rings. The van der Waals surface area contributed by atoms with Crippen molar-refractivity contribution in [3.05, 3.63) is 59.1 Å². The van der Waals surface area contributed by atoms with Crippen LogP contribution in [-0.2, 0) is 4.79 Å². The number of anilines is 1. The first-order valence-corrected chi connectivity index (χ1v) is 8.84. The zero-order valence-electron chi connectivity index (χ0n) is 15.1. The van der Waals surface area contributed by atoms with E-state index in [-0.39, 0.29) is 17.7 Å². The van der Waals surface area contributed by atoms with Gasteiger partial charge >= 0.3 is 0 Å². The lowest BCUT2D eigenvalue weighted by Crippen LogP contribution is -2.47. The lowest BCUT2D eigenvalue weighted by Gasteiger charge is -2.24. The quantitative estimate of drug-likeness (QED) is 0.765. The number of nitrogens with one attached hydrogen (secondary N) is 2. The van der Waals surface area contributed by atoms with E-state index in [1.54, 1.807) is 42.5 Å². The summed E-state index contributed by atoms with van der Waals surface area (Å²) in [4.78, 5) is 25.3. The number of carbonyl (C=O) groups is 2. The fourth-order valence-corrected chi connectivity index (χ4v) is 2.68. The van der Waals surface area contributed by atoms with Crippen LogP contribution >= 0.6 is 11.6 Å². The molecule has 2 amide bonds. The zero-order chi connectivity index (χ0) is 19.1. The molecule has 2 aromatic rings. The monoisotopic (exact) mass is 374 g/mol. The van der Waals surface area contributed by atoms with Gasteiger partial charge in [0.25, 0.3) is 5.91 Å². The van der Waals surface area contributed by atoms with E-state index in [1.165, 1.54) is 7.11 Å². The van der Waals surface area contributed by atoms with Crippen molar-refractivity contribution in [2.75, 3.05) is 12.4 Å². The van der Waals surface area contributed by atoms with Crippen molar-refractivity contribution in [3.8, 4) is 5.75 Å². The first-order valence-electron chi connectivity index (χ1n) is 8.46.